The number of hydrogen-bond acceptors (Lipinski definition) is 7. The fourth-order valence-electron chi connectivity index (χ4n) is 3.67. The highest BCUT2D eigenvalue weighted by molar-refractivity contribution is 6.46. The molecule has 162 valence electrons. The zero-order chi connectivity index (χ0) is 22.8. The van der Waals surface area contributed by atoms with E-state index in [2.05, 4.69) is 0 Å². The Morgan fingerprint density at radius 1 is 1.16 bits per heavy atom. The fourth-order valence-corrected chi connectivity index (χ4v) is 3.67. The minimum absolute atomic E-state index is 0.0000132. The van der Waals surface area contributed by atoms with Gasteiger partial charge >= 0.3 is 0 Å². The second-order valence-corrected chi connectivity index (χ2v) is 7.09. The first-order chi connectivity index (χ1) is 15.4. The number of nitrogens with zero attached hydrogens (tertiary/aromatic N) is 2. The van der Waals surface area contributed by atoms with E-state index < -0.39 is 28.4 Å². The van der Waals surface area contributed by atoms with Crippen molar-refractivity contribution in [1.29, 1.82) is 0 Å². The molecular formula is C23H18N2O7. The predicted molar refractivity (Wildman–Crippen MR) is 113 cm³/mol. The molecule has 1 unspecified atom stereocenters. The van der Waals surface area contributed by atoms with Crippen LogP contribution < -0.4 is 4.74 Å². The topological polar surface area (TPSA) is 123 Å². The van der Waals surface area contributed by atoms with E-state index in [4.69, 9.17) is 9.15 Å². The molecule has 1 aromatic heterocycles. The van der Waals surface area contributed by atoms with Crippen LogP contribution in [0.3, 0.4) is 0 Å². The maximum atomic E-state index is 13.0. The summed E-state index contributed by atoms with van der Waals surface area (Å²) in [6.45, 7) is -0.0000132. The molecule has 0 aliphatic carbocycles. The lowest BCUT2D eigenvalue weighted by Gasteiger charge is -2.24. The van der Waals surface area contributed by atoms with Gasteiger partial charge in [0, 0.05) is 17.7 Å². The first-order valence-corrected chi connectivity index (χ1v) is 9.60. The number of likely N-dealkylation sites (tertiary alicyclic amines) is 1. The van der Waals surface area contributed by atoms with E-state index in [9.17, 15) is 24.8 Å². The minimum atomic E-state index is -0.926. The van der Waals surface area contributed by atoms with E-state index in [0.29, 0.717) is 17.1 Å². The van der Waals surface area contributed by atoms with Gasteiger partial charge in [0.2, 0.25) is 0 Å². The Morgan fingerprint density at radius 3 is 2.53 bits per heavy atom. The number of nitro groups is 1. The van der Waals surface area contributed by atoms with Gasteiger partial charge in [-0.05, 0) is 29.8 Å². The van der Waals surface area contributed by atoms with Crippen molar-refractivity contribution < 1.29 is 28.8 Å². The smallest absolute Gasteiger partial charge is 0.296 e. The van der Waals surface area contributed by atoms with Crippen molar-refractivity contribution >= 4 is 23.1 Å². The van der Waals surface area contributed by atoms with Gasteiger partial charge in [0.1, 0.15) is 17.3 Å². The number of rotatable bonds is 6. The molecule has 1 atom stereocenters. The second kappa shape index (κ2) is 8.38. The number of aliphatic hydroxyl groups excluding tert-OH is 1. The average Bonchev–Trinajstić information content (AvgIpc) is 3.41. The van der Waals surface area contributed by atoms with Crippen LogP contribution in [-0.2, 0) is 16.1 Å². The van der Waals surface area contributed by atoms with E-state index in [-0.39, 0.29) is 23.4 Å². The molecule has 0 saturated carbocycles. The number of aliphatic hydroxyl groups is 1. The molecule has 1 fully saturated rings. The molecule has 9 heteroatoms. The fraction of sp³-hybridized carbons (Fsp3) is 0.130. The summed E-state index contributed by atoms with van der Waals surface area (Å²) in [6, 6.07) is 14.4. The molecular weight excluding hydrogens is 416 g/mol. The molecule has 1 saturated heterocycles. The Bertz CT molecular complexity index is 1210. The molecule has 0 radical (unpaired) electrons. The van der Waals surface area contributed by atoms with Crippen LogP contribution in [0.1, 0.15) is 22.9 Å². The Labute approximate surface area is 182 Å². The number of benzene rings is 2. The third-order valence-electron chi connectivity index (χ3n) is 5.21. The molecule has 0 bridgehead atoms. The molecule has 1 aliphatic rings. The second-order valence-electron chi connectivity index (χ2n) is 7.09. The van der Waals surface area contributed by atoms with Crippen LogP contribution in [0.15, 0.2) is 76.9 Å². The van der Waals surface area contributed by atoms with Gasteiger partial charge in [-0.3, -0.25) is 19.7 Å². The first-order valence-electron chi connectivity index (χ1n) is 9.60. The molecule has 0 spiro atoms. The van der Waals surface area contributed by atoms with Crippen molar-refractivity contribution in [2.75, 3.05) is 7.11 Å². The third-order valence-corrected chi connectivity index (χ3v) is 5.21. The Morgan fingerprint density at radius 2 is 1.91 bits per heavy atom. The van der Waals surface area contributed by atoms with Crippen molar-refractivity contribution in [2.45, 2.75) is 12.6 Å². The molecule has 4 rings (SSSR count). The summed E-state index contributed by atoms with van der Waals surface area (Å²) >= 11 is 0. The number of nitro benzene ring substituents is 1. The lowest BCUT2D eigenvalue weighted by Crippen LogP contribution is -2.29. The number of ether oxygens (including phenoxy) is 1. The number of carbonyl (C=O) groups is 2. The average molecular weight is 434 g/mol. The number of carbonyl (C=O) groups excluding carboxylic acids is 2. The molecule has 1 N–H and O–H groups in total. The van der Waals surface area contributed by atoms with Gasteiger partial charge in [-0.25, -0.2) is 0 Å². The summed E-state index contributed by atoms with van der Waals surface area (Å²) < 4.78 is 10.5. The predicted octanol–water partition coefficient (Wildman–Crippen LogP) is 3.82. The lowest BCUT2D eigenvalue weighted by atomic mass is 9.95. The summed E-state index contributed by atoms with van der Waals surface area (Å²) in [5, 5.41) is 22.1. The number of non-ortho nitro benzene ring substituents is 1. The van der Waals surface area contributed by atoms with E-state index >= 15 is 0 Å². The minimum Gasteiger partial charge on any atom is -0.507 e. The zero-order valence-corrected chi connectivity index (χ0v) is 16.9. The molecule has 9 nitrogen and oxygen atoms in total. The van der Waals surface area contributed by atoms with Crippen molar-refractivity contribution in [1.82, 2.24) is 4.90 Å². The molecule has 1 amide bonds. The number of amides is 1. The normalized spacial score (nSPS) is 17.5. The highest BCUT2D eigenvalue weighted by Crippen LogP contribution is 2.41. The van der Waals surface area contributed by atoms with Crippen molar-refractivity contribution in [3.05, 3.63) is 99.5 Å². The summed E-state index contributed by atoms with van der Waals surface area (Å²) in [4.78, 5) is 37.7. The van der Waals surface area contributed by atoms with Crippen molar-refractivity contribution in [2.24, 2.45) is 0 Å². The molecule has 1 aliphatic heterocycles. The van der Waals surface area contributed by atoms with Crippen LogP contribution in [0.2, 0.25) is 0 Å². The number of ketones is 1. The van der Waals surface area contributed by atoms with E-state index in [0.717, 1.165) is 6.07 Å². The maximum absolute atomic E-state index is 13.0. The Hall–Kier alpha value is -4.40. The highest BCUT2D eigenvalue weighted by Gasteiger charge is 2.46. The largest absolute Gasteiger partial charge is 0.507 e. The standard InChI is InChI=1S/C23H18N2O7/c1-31-17-9-7-14(8-10-17)20-19(21(26)15-4-2-5-16(12-15)25(29)30)22(27)23(28)24(20)13-18-6-3-11-32-18/h2-12,20,26H,13H2,1H3/b21-19+. The third kappa shape index (κ3) is 3.71. The van der Waals surface area contributed by atoms with Gasteiger partial charge in [0.05, 0.1) is 36.5 Å². The van der Waals surface area contributed by atoms with E-state index in [1.807, 2.05) is 0 Å². The van der Waals surface area contributed by atoms with E-state index in [1.54, 1.807) is 36.4 Å². The molecule has 32 heavy (non-hydrogen) atoms. The van der Waals surface area contributed by atoms with Crippen LogP contribution in [-0.4, -0.2) is 33.7 Å². The number of methoxy groups -OCH3 is 1. The van der Waals surface area contributed by atoms with Crippen LogP contribution in [0.4, 0.5) is 5.69 Å². The quantitative estimate of drug-likeness (QED) is 0.206. The summed E-state index contributed by atoms with van der Waals surface area (Å²) in [5.74, 6) is -1.15. The SMILES string of the molecule is COc1ccc(C2/C(=C(\O)c3cccc([N+](=O)[O-])c3)C(=O)C(=O)N2Cc2ccco2)cc1. The first kappa shape index (κ1) is 20.9. The van der Waals surface area contributed by atoms with Gasteiger partial charge in [-0.15, -0.1) is 0 Å². The molecule has 2 aromatic carbocycles. The van der Waals surface area contributed by atoms with Crippen molar-refractivity contribution in [3.8, 4) is 5.75 Å². The molecule has 3 aromatic rings. The van der Waals surface area contributed by atoms with Crippen molar-refractivity contribution in [3.63, 3.8) is 0 Å². The van der Waals surface area contributed by atoms with Crippen LogP contribution in [0.25, 0.3) is 5.76 Å². The Balaban J connectivity index is 1.87. The van der Waals surface area contributed by atoms with Gasteiger partial charge in [-0.1, -0.05) is 24.3 Å². The maximum Gasteiger partial charge on any atom is 0.296 e. The van der Waals surface area contributed by atoms with Gasteiger partial charge < -0.3 is 19.2 Å². The van der Waals surface area contributed by atoms with Crippen LogP contribution >= 0.6 is 0 Å². The van der Waals surface area contributed by atoms with Crippen LogP contribution in [0.5, 0.6) is 5.75 Å². The summed E-state index contributed by atoms with van der Waals surface area (Å²) in [5.41, 5.74) is 0.212. The van der Waals surface area contributed by atoms with Gasteiger partial charge in [-0.2, -0.15) is 0 Å². The zero-order valence-electron chi connectivity index (χ0n) is 16.9. The van der Waals surface area contributed by atoms with Gasteiger partial charge in [0.25, 0.3) is 17.4 Å². The monoisotopic (exact) mass is 434 g/mol. The highest BCUT2D eigenvalue weighted by atomic mass is 16.6. The molecule has 2 heterocycles. The Kier molecular flexibility index (Phi) is 5.46. The van der Waals surface area contributed by atoms with E-state index in [1.165, 1.54) is 36.5 Å². The summed E-state index contributed by atoms with van der Waals surface area (Å²) in [7, 11) is 1.51. The lowest BCUT2D eigenvalue weighted by molar-refractivity contribution is -0.384. The number of furan rings is 1. The number of Topliss-reactive ketones (excluding diaryl/α,β-unsaturated/α-hetero) is 1. The van der Waals surface area contributed by atoms with Crippen LogP contribution in [0, 0.1) is 10.1 Å². The summed E-state index contributed by atoms with van der Waals surface area (Å²) in [6.07, 6.45) is 1.46. The van der Waals surface area contributed by atoms with Gasteiger partial charge in [0.15, 0.2) is 0 Å². The number of hydrogen-bond donors (Lipinski definition) is 1.